The van der Waals surface area contributed by atoms with E-state index in [1.54, 1.807) is 24.1 Å². The van der Waals surface area contributed by atoms with Crippen LogP contribution in [0.3, 0.4) is 0 Å². The Hall–Kier alpha value is -2.36. The zero-order valence-electron chi connectivity index (χ0n) is 10.8. The molecule has 0 atom stereocenters. The summed E-state index contributed by atoms with van der Waals surface area (Å²) < 4.78 is 0. The van der Waals surface area contributed by atoms with Crippen LogP contribution in [0.15, 0.2) is 54.6 Å². The first-order chi connectivity index (χ1) is 9.11. The van der Waals surface area contributed by atoms with Crippen LogP contribution in [-0.4, -0.2) is 24.0 Å². The number of anilines is 1. The van der Waals surface area contributed by atoms with Gasteiger partial charge in [0, 0.05) is 25.2 Å². The van der Waals surface area contributed by atoms with Crippen molar-refractivity contribution < 1.29 is 14.7 Å². The topological polar surface area (TPSA) is 57.6 Å². The molecule has 4 nitrogen and oxygen atoms in total. The van der Waals surface area contributed by atoms with Gasteiger partial charge in [-0.05, 0) is 18.6 Å². The Morgan fingerprint density at radius 1 is 1.21 bits per heavy atom. The number of allylic oxidation sites excluding steroid dienone is 3. The third-order valence-corrected chi connectivity index (χ3v) is 2.53. The Bertz CT molecular complexity index is 477. The molecule has 100 valence electrons. The highest BCUT2D eigenvalue weighted by Gasteiger charge is 2.08. The minimum atomic E-state index is -0.982. The summed E-state index contributed by atoms with van der Waals surface area (Å²) in [7, 11) is 1.74. The second-order valence-corrected chi connectivity index (χ2v) is 3.95. The summed E-state index contributed by atoms with van der Waals surface area (Å²) in [6.45, 7) is 0. The third kappa shape index (κ3) is 5.68. The van der Waals surface area contributed by atoms with E-state index in [0.29, 0.717) is 12.8 Å². The van der Waals surface area contributed by atoms with E-state index < -0.39 is 5.97 Å². The number of benzene rings is 1. The molecule has 0 radical (unpaired) electrons. The van der Waals surface area contributed by atoms with Crippen LogP contribution < -0.4 is 4.90 Å². The van der Waals surface area contributed by atoms with Crippen LogP contribution >= 0.6 is 0 Å². The zero-order chi connectivity index (χ0) is 14.1. The molecule has 4 heteroatoms. The zero-order valence-corrected chi connectivity index (χ0v) is 10.8. The smallest absolute Gasteiger partial charge is 0.328 e. The second-order valence-electron chi connectivity index (χ2n) is 3.95. The van der Waals surface area contributed by atoms with Crippen molar-refractivity contribution in [1.29, 1.82) is 0 Å². The summed E-state index contributed by atoms with van der Waals surface area (Å²) in [5.74, 6) is -0.956. The molecule has 1 aromatic carbocycles. The van der Waals surface area contributed by atoms with Crippen LogP contribution in [0, 0.1) is 0 Å². The van der Waals surface area contributed by atoms with Gasteiger partial charge in [0.2, 0.25) is 5.91 Å². The Balaban J connectivity index is 2.38. The maximum Gasteiger partial charge on any atom is 0.328 e. The van der Waals surface area contributed by atoms with E-state index in [0.717, 1.165) is 11.8 Å². The number of aliphatic carboxylic acids is 1. The van der Waals surface area contributed by atoms with Gasteiger partial charge in [0.1, 0.15) is 0 Å². The molecule has 0 aromatic heterocycles. The molecule has 0 saturated carbocycles. The van der Waals surface area contributed by atoms with Crippen molar-refractivity contribution in [2.45, 2.75) is 12.8 Å². The SMILES string of the molecule is CN(C(=O)CC/C=C/C=C/C(=O)O)c1ccccc1. The number of para-hydroxylation sites is 1. The van der Waals surface area contributed by atoms with Crippen LogP contribution in [0.5, 0.6) is 0 Å². The van der Waals surface area contributed by atoms with Crippen LogP contribution in [0.2, 0.25) is 0 Å². The lowest BCUT2D eigenvalue weighted by molar-refractivity contribution is -0.131. The molecule has 1 aromatic rings. The van der Waals surface area contributed by atoms with Crippen LogP contribution in [0.4, 0.5) is 5.69 Å². The van der Waals surface area contributed by atoms with Gasteiger partial charge in [-0.2, -0.15) is 0 Å². The number of rotatable bonds is 6. The largest absolute Gasteiger partial charge is 0.478 e. The lowest BCUT2D eigenvalue weighted by atomic mass is 10.2. The molecule has 1 rings (SSSR count). The van der Waals surface area contributed by atoms with Crippen molar-refractivity contribution in [1.82, 2.24) is 0 Å². The lowest BCUT2D eigenvalue weighted by Gasteiger charge is -2.16. The highest BCUT2D eigenvalue weighted by atomic mass is 16.4. The fraction of sp³-hybridized carbons (Fsp3) is 0.200. The number of carboxylic acids is 1. The van der Waals surface area contributed by atoms with Crippen molar-refractivity contribution >= 4 is 17.6 Å². The summed E-state index contributed by atoms with van der Waals surface area (Å²) in [6, 6.07) is 9.43. The predicted molar refractivity (Wildman–Crippen MR) is 75.0 cm³/mol. The molecule has 1 amide bonds. The first-order valence-electron chi connectivity index (χ1n) is 5.99. The van der Waals surface area contributed by atoms with Crippen LogP contribution in [0.25, 0.3) is 0 Å². The Kier molecular flexibility index (Phi) is 6.09. The molecule has 0 spiro atoms. The standard InChI is InChI=1S/C15H17NO3/c1-16(13-9-5-4-6-10-13)14(17)11-7-2-3-8-12-15(18)19/h2-6,8-10,12H,7,11H2,1H3,(H,18,19)/b3-2+,12-8+. The van der Waals surface area contributed by atoms with E-state index in [1.807, 2.05) is 30.3 Å². The molecule has 0 aliphatic heterocycles. The summed E-state index contributed by atoms with van der Waals surface area (Å²) in [5.41, 5.74) is 0.863. The highest BCUT2D eigenvalue weighted by molar-refractivity contribution is 5.92. The average Bonchev–Trinajstić information content (AvgIpc) is 2.42. The molecule has 0 bridgehead atoms. The van der Waals surface area contributed by atoms with E-state index in [-0.39, 0.29) is 5.91 Å². The summed E-state index contributed by atoms with van der Waals surface area (Å²) in [6.07, 6.45) is 6.87. The van der Waals surface area contributed by atoms with Gasteiger partial charge in [-0.3, -0.25) is 4.79 Å². The van der Waals surface area contributed by atoms with E-state index in [1.165, 1.54) is 6.08 Å². The number of hydrogen-bond acceptors (Lipinski definition) is 2. The van der Waals surface area contributed by atoms with Crippen molar-refractivity contribution in [2.24, 2.45) is 0 Å². The van der Waals surface area contributed by atoms with Crippen molar-refractivity contribution in [3.8, 4) is 0 Å². The monoisotopic (exact) mass is 259 g/mol. The number of carboxylic acid groups (broad SMARTS) is 1. The molecule has 0 heterocycles. The lowest BCUT2D eigenvalue weighted by Crippen LogP contribution is -2.25. The van der Waals surface area contributed by atoms with Crippen molar-refractivity contribution in [3.63, 3.8) is 0 Å². The number of amides is 1. The van der Waals surface area contributed by atoms with E-state index in [9.17, 15) is 9.59 Å². The fourth-order valence-corrected chi connectivity index (χ4v) is 1.48. The summed E-state index contributed by atoms with van der Waals surface area (Å²) >= 11 is 0. The first kappa shape index (κ1) is 14.7. The highest BCUT2D eigenvalue weighted by Crippen LogP contribution is 2.12. The van der Waals surface area contributed by atoms with Gasteiger partial charge in [0.15, 0.2) is 0 Å². The Labute approximate surface area is 112 Å². The van der Waals surface area contributed by atoms with Gasteiger partial charge in [-0.1, -0.05) is 36.4 Å². The quantitative estimate of drug-likeness (QED) is 0.631. The number of carbonyl (C=O) groups excluding carboxylic acids is 1. The van der Waals surface area contributed by atoms with Crippen LogP contribution in [-0.2, 0) is 9.59 Å². The maximum atomic E-state index is 11.9. The minimum Gasteiger partial charge on any atom is -0.478 e. The normalized spacial score (nSPS) is 11.0. The maximum absolute atomic E-state index is 11.9. The fourth-order valence-electron chi connectivity index (χ4n) is 1.48. The molecule has 19 heavy (non-hydrogen) atoms. The molecule has 0 aliphatic carbocycles. The van der Waals surface area contributed by atoms with Gasteiger partial charge < -0.3 is 10.0 Å². The van der Waals surface area contributed by atoms with Crippen molar-refractivity contribution in [2.75, 3.05) is 11.9 Å². The molecular weight excluding hydrogens is 242 g/mol. The molecular formula is C15H17NO3. The predicted octanol–water partition coefficient (Wildman–Crippen LogP) is 2.63. The van der Waals surface area contributed by atoms with Crippen LogP contribution in [0.1, 0.15) is 12.8 Å². The molecule has 0 aliphatic rings. The summed E-state index contributed by atoms with van der Waals surface area (Å²) in [4.78, 5) is 23.7. The Morgan fingerprint density at radius 2 is 1.89 bits per heavy atom. The molecule has 0 saturated heterocycles. The number of carbonyl (C=O) groups is 2. The summed E-state index contributed by atoms with van der Waals surface area (Å²) in [5, 5.41) is 8.38. The van der Waals surface area contributed by atoms with Gasteiger partial charge in [0.25, 0.3) is 0 Å². The van der Waals surface area contributed by atoms with E-state index in [2.05, 4.69) is 0 Å². The molecule has 0 unspecified atom stereocenters. The number of nitrogens with zero attached hydrogens (tertiary/aromatic N) is 1. The van der Waals surface area contributed by atoms with Gasteiger partial charge in [0.05, 0.1) is 0 Å². The second kappa shape index (κ2) is 7.87. The van der Waals surface area contributed by atoms with Gasteiger partial charge in [-0.25, -0.2) is 4.79 Å². The Morgan fingerprint density at radius 3 is 2.53 bits per heavy atom. The third-order valence-electron chi connectivity index (χ3n) is 2.53. The first-order valence-corrected chi connectivity index (χ1v) is 5.99. The van der Waals surface area contributed by atoms with E-state index >= 15 is 0 Å². The van der Waals surface area contributed by atoms with Crippen molar-refractivity contribution in [3.05, 3.63) is 54.6 Å². The molecule has 1 N–H and O–H groups in total. The van der Waals surface area contributed by atoms with Gasteiger partial charge >= 0.3 is 5.97 Å². The minimum absolute atomic E-state index is 0.0260. The number of hydrogen-bond donors (Lipinski definition) is 1. The van der Waals surface area contributed by atoms with E-state index in [4.69, 9.17) is 5.11 Å². The van der Waals surface area contributed by atoms with Gasteiger partial charge in [-0.15, -0.1) is 0 Å². The molecule has 0 fully saturated rings. The average molecular weight is 259 g/mol.